The van der Waals surface area contributed by atoms with E-state index in [1.165, 1.54) is 24.3 Å². The van der Waals surface area contributed by atoms with E-state index in [0.29, 0.717) is 17.0 Å². The van der Waals surface area contributed by atoms with Crippen molar-refractivity contribution in [3.8, 4) is 0 Å². The first-order chi connectivity index (χ1) is 19.6. The average Bonchev–Trinajstić information content (AvgIpc) is 3.08. The van der Waals surface area contributed by atoms with Gasteiger partial charge in [0.1, 0.15) is 11.9 Å². The molecule has 0 saturated carbocycles. The minimum absolute atomic E-state index is 0.0712. The van der Waals surface area contributed by atoms with Crippen LogP contribution < -0.4 is 10.6 Å². The average molecular weight is 501 g/mol. The minimum atomic E-state index is -3.25. The molecule has 2 N–H and O–H groups in total. The maximum atomic E-state index is 14.8. The maximum Gasteiger partial charge on any atom is 0.255 e. The number of halogens is 1. The molecule has 9 heteroatoms. The number of piperidine rings is 1. The van der Waals surface area contributed by atoms with Crippen molar-refractivity contribution in [3.05, 3.63) is 64.5 Å². The van der Waals surface area contributed by atoms with E-state index in [2.05, 4.69) is 10.2 Å². The Morgan fingerprint density at radius 2 is 1.94 bits per heavy atom. The second-order valence-corrected chi connectivity index (χ2v) is 9.24. The Hall–Kier alpha value is -3.30. The number of fused-ring (bicyclic) bond motifs is 1. The van der Waals surface area contributed by atoms with Crippen LogP contribution in [0.15, 0.2) is 36.4 Å². The molecule has 3 aliphatic rings. The summed E-state index contributed by atoms with van der Waals surface area (Å²) < 4.78 is 70.6. The molecule has 2 aromatic rings. The van der Waals surface area contributed by atoms with E-state index in [1.807, 2.05) is 13.8 Å². The van der Waals surface area contributed by atoms with Crippen LogP contribution in [0.2, 0.25) is 0 Å². The lowest BCUT2D eigenvalue weighted by atomic mass is 10.0. The number of ether oxygens (including phenoxy) is 1. The molecule has 0 bridgehead atoms. The number of amides is 3. The molecule has 2 saturated heterocycles. The Morgan fingerprint density at radius 1 is 1.17 bits per heavy atom. The largest absolute Gasteiger partial charge is 0.381 e. The van der Waals surface area contributed by atoms with E-state index < -0.39 is 48.8 Å². The number of benzene rings is 2. The summed E-state index contributed by atoms with van der Waals surface area (Å²) in [4.78, 5) is 40.8. The number of morpholine rings is 1. The van der Waals surface area contributed by atoms with Crippen LogP contribution >= 0.6 is 0 Å². The monoisotopic (exact) mass is 500 g/mol. The fraction of sp³-hybridized carbons (Fsp3) is 0.444. The van der Waals surface area contributed by atoms with Gasteiger partial charge in [0.05, 0.1) is 14.9 Å². The molecule has 3 heterocycles. The van der Waals surface area contributed by atoms with Crippen molar-refractivity contribution in [1.29, 1.82) is 0 Å². The van der Waals surface area contributed by atoms with E-state index in [0.717, 1.165) is 18.7 Å². The maximum absolute atomic E-state index is 14.8. The van der Waals surface area contributed by atoms with E-state index in [-0.39, 0.29) is 35.6 Å². The highest BCUT2D eigenvalue weighted by molar-refractivity contribution is 6.06. The van der Waals surface area contributed by atoms with Crippen LogP contribution in [0.5, 0.6) is 0 Å². The summed E-state index contributed by atoms with van der Waals surface area (Å²) in [7, 11) is 0. The standard InChI is InChI=1S/C27H31FN4O4/c1-16-12-31(13-17(2)36-16)14-18-6-7-22(28)19(10-18)11-29-23-5-3-4-20-21(23)15-32(27(20)35)24-8-9-25(33)30-26(24)34/h3-7,10,16-17,24,29H,8-9,11-15H2,1-2H3,(H,30,33,34)/i8D2,9D2,15D2. The van der Waals surface area contributed by atoms with Gasteiger partial charge in [-0.05, 0) is 50.0 Å². The number of carbonyl (C=O) groups excluding carboxylic acids is 3. The topological polar surface area (TPSA) is 91.0 Å². The molecule has 5 rings (SSSR count). The van der Waals surface area contributed by atoms with Crippen molar-refractivity contribution in [1.82, 2.24) is 15.1 Å². The van der Waals surface area contributed by atoms with Crippen LogP contribution in [0.25, 0.3) is 0 Å². The van der Waals surface area contributed by atoms with Gasteiger partial charge in [-0.15, -0.1) is 0 Å². The van der Waals surface area contributed by atoms with Gasteiger partial charge in [-0.3, -0.25) is 24.6 Å². The van der Waals surface area contributed by atoms with Crippen LogP contribution in [0.1, 0.15) is 61.9 Å². The molecule has 0 spiro atoms. The van der Waals surface area contributed by atoms with Crippen molar-refractivity contribution < 1.29 is 31.7 Å². The zero-order valence-corrected chi connectivity index (χ0v) is 19.9. The summed E-state index contributed by atoms with van der Waals surface area (Å²) in [5.74, 6) is -4.37. The molecule has 2 aromatic carbocycles. The summed E-state index contributed by atoms with van der Waals surface area (Å²) in [5, 5.41) is 4.71. The minimum Gasteiger partial charge on any atom is -0.381 e. The van der Waals surface area contributed by atoms with Gasteiger partial charge in [-0.2, -0.15) is 0 Å². The zero-order chi connectivity index (χ0) is 30.8. The highest BCUT2D eigenvalue weighted by Crippen LogP contribution is 2.32. The Bertz CT molecular complexity index is 1450. The van der Waals surface area contributed by atoms with Crippen molar-refractivity contribution in [2.24, 2.45) is 0 Å². The lowest BCUT2D eigenvalue weighted by Gasteiger charge is -2.35. The van der Waals surface area contributed by atoms with Crippen molar-refractivity contribution in [3.63, 3.8) is 0 Å². The van der Waals surface area contributed by atoms with E-state index >= 15 is 0 Å². The second-order valence-electron chi connectivity index (χ2n) is 9.24. The predicted octanol–water partition coefficient (Wildman–Crippen LogP) is 2.81. The number of hydrogen-bond donors (Lipinski definition) is 2. The van der Waals surface area contributed by atoms with Crippen molar-refractivity contribution >= 4 is 23.4 Å². The summed E-state index contributed by atoms with van der Waals surface area (Å²) >= 11 is 0. The van der Waals surface area contributed by atoms with Crippen LogP contribution in [0.4, 0.5) is 10.1 Å². The van der Waals surface area contributed by atoms with Crippen LogP contribution in [0, 0.1) is 5.82 Å². The number of anilines is 1. The first kappa shape index (κ1) is 18.0. The molecule has 190 valence electrons. The van der Waals surface area contributed by atoms with Gasteiger partial charge in [-0.25, -0.2) is 4.39 Å². The molecule has 0 aliphatic carbocycles. The summed E-state index contributed by atoms with van der Waals surface area (Å²) in [6.45, 7) is 3.19. The smallest absolute Gasteiger partial charge is 0.255 e. The van der Waals surface area contributed by atoms with Crippen LogP contribution in [-0.4, -0.2) is 58.9 Å². The normalized spacial score (nSPS) is 31.2. The van der Waals surface area contributed by atoms with Gasteiger partial charge in [0.2, 0.25) is 11.8 Å². The fourth-order valence-corrected chi connectivity index (χ4v) is 4.80. The van der Waals surface area contributed by atoms with Gasteiger partial charge in [0.15, 0.2) is 0 Å². The lowest BCUT2D eigenvalue weighted by molar-refractivity contribution is -0.136. The molecule has 36 heavy (non-hydrogen) atoms. The first-order valence-electron chi connectivity index (χ1n) is 14.8. The number of nitrogens with zero attached hydrogens (tertiary/aromatic N) is 2. The molecule has 3 aliphatic heterocycles. The third-order valence-electron chi connectivity index (χ3n) is 6.29. The molecule has 0 aromatic heterocycles. The van der Waals surface area contributed by atoms with Crippen molar-refractivity contribution in [2.45, 2.75) is 64.4 Å². The van der Waals surface area contributed by atoms with Gasteiger partial charge >= 0.3 is 0 Å². The van der Waals surface area contributed by atoms with Gasteiger partial charge in [0, 0.05) is 66.9 Å². The highest BCUT2D eigenvalue weighted by Gasteiger charge is 2.39. The van der Waals surface area contributed by atoms with E-state index in [9.17, 15) is 18.8 Å². The SMILES string of the molecule is [2H]C1([2H])c2c(NCc3cc(CN4CC(C)OC(C)C4)ccc3F)cccc2C(=O)N1C1C(=O)NC(=O)C([2H])([2H])C1([2H])[2H]. The van der Waals surface area contributed by atoms with Crippen LogP contribution in [-0.2, 0) is 33.9 Å². The molecule has 8 nitrogen and oxygen atoms in total. The Kier molecular flexibility index (Phi) is 5.00. The predicted molar refractivity (Wildman–Crippen MR) is 131 cm³/mol. The number of nitrogens with one attached hydrogen (secondary N) is 2. The van der Waals surface area contributed by atoms with Gasteiger partial charge in [0.25, 0.3) is 5.91 Å². The van der Waals surface area contributed by atoms with Crippen LogP contribution in [0.3, 0.4) is 0 Å². The molecular formula is C27H31FN4O4. The first-order valence-corrected chi connectivity index (χ1v) is 11.8. The number of carbonyl (C=O) groups is 3. The number of rotatable bonds is 6. The Labute approximate surface area is 218 Å². The number of imide groups is 1. The zero-order valence-electron chi connectivity index (χ0n) is 25.9. The summed E-state index contributed by atoms with van der Waals surface area (Å²) in [6.07, 6.45) is -6.33. The molecule has 3 unspecified atom stereocenters. The number of hydrogen-bond acceptors (Lipinski definition) is 6. The summed E-state index contributed by atoms with van der Waals surface area (Å²) in [5.41, 5.74) is 0.916. The molecular weight excluding hydrogens is 463 g/mol. The summed E-state index contributed by atoms with van der Waals surface area (Å²) in [6, 6.07) is 6.73. The molecule has 2 fully saturated rings. The van der Waals surface area contributed by atoms with E-state index in [4.69, 9.17) is 13.0 Å². The van der Waals surface area contributed by atoms with Gasteiger partial charge < -0.3 is 15.0 Å². The third-order valence-corrected chi connectivity index (χ3v) is 6.29. The Morgan fingerprint density at radius 3 is 2.72 bits per heavy atom. The molecule has 0 radical (unpaired) electrons. The Balaban J connectivity index is 1.41. The van der Waals surface area contributed by atoms with E-state index in [1.54, 1.807) is 17.4 Å². The van der Waals surface area contributed by atoms with Gasteiger partial charge in [-0.1, -0.05) is 12.1 Å². The molecule has 3 atom stereocenters. The molecule has 3 amide bonds. The lowest BCUT2D eigenvalue weighted by Crippen LogP contribution is -2.52. The van der Waals surface area contributed by atoms with Crippen molar-refractivity contribution in [2.75, 3.05) is 18.4 Å². The second kappa shape index (κ2) is 9.99. The quantitative estimate of drug-likeness (QED) is 0.593. The highest BCUT2D eigenvalue weighted by atomic mass is 19.1. The fourth-order valence-electron chi connectivity index (χ4n) is 4.80. The third kappa shape index (κ3) is 4.99.